The molecule has 2 aromatic rings. The molecule has 3 rings (SSSR count). The van der Waals surface area contributed by atoms with Crippen molar-refractivity contribution < 1.29 is 44.7 Å². The van der Waals surface area contributed by atoms with Gasteiger partial charge in [0.15, 0.2) is 11.6 Å². The number of carbonyl (C=O) groups is 1. The maximum atomic E-state index is 14.8. The average Bonchev–Trinajstić information content (AvgIpc) is 2.68. The fourth-order valence-corrected chi connectivity index (χ4v) is 3.04. The van der Waals surface area contributed by atoms with Gasteiger partial charge in [-0.25, -0.2) is 18.7 Å². The van der Waals surface area contributed by atoms with Gasteiger partial charge in [-0.3, -0.25) is 9.53 Å². The molecule has 2 heterocycles. The van der Waals surface area contributed by atoms with Gasteiger partial charge in [0.2, 0.25) is 6.04 Å². The number of alkyl halides is 6. The summed E-state index contributed by atoms with van der Waals surface area (Å²) >= 11 is 0. The molecule has 1 aromatic carbocycles. The van der Waals surface area contributed by atoms with Crippen LogP contribution >= 0.6 is 0 Å². The minimum absolute atomic E-state index is 0.0349. The van der Waals surface area contributed by atoms with Gasteiger partial charge < -0.3 is 10.2 Å². The first kappa shape index (κ1) is 23.6. The number of carbonyl (C=O) groups excluding carboxylic acids is 1. The molecule has 0 aliphatic carbocycles. The van der Waals surface area contributed by atoms with E-state index in [2.05, 4.69) is 14.7 Å². The van der Waals surface area contributed by atoms with E-state index in [9.17, 15) is 39.9 Å². The zero-order chi connectivity index (χ0) is 23.8. The lowest BCUT2D eigenvalue weighted by atomic mass is 9.99. The van der Waals surface area contributed by atoms with Crippen LogP contribution in [-0.4, -0.2) is 58.0 Å². The second kappa shape index (κ2) is 8.48. The fourth-order valence-electron chi connectivity index (χ4n) is 3.04. The Morgan fingerprint density at radius 2 is 1.75 bits per heavy atom. The van der Waals surface area contributed by atoms with Gasteiger partial charge in [-0.15, -0.1) is 13.2 Å². The molecule has 0 saturated carbocycles. The molecule has 0 bridgehead atoms. The van der Waals surface area contributed by atoms with E-state index in [0.29, 0.717) is 4.90 Å². The van der Waals surface area contributed by atoms with Crippen LogP contribution in [0.2, 0.25) is 0 Å². The van der Waals surface area contributed by atoms with Gasteiger partial charge in [0, 0.05) is 12.1 Å². The van der Waals surface area contributed by atoms with Crippen LogP contribution < -0.4 is 5.32 Å². The number of ether oxygens (including phenoxy) is 1. The van der Waals surface area contributed by atoms with Crippen molar-refractivity contribution in [3.05, 3.63) is 42.2 Å². The van der Waals surface area contributed by atoms with Gasteiger partial charge in [0.25, 0.3) is 5.91 Å². The Morgan fingerprint density at radius 3 is 2.28 bits per heavy atom. The van der Waals surface area contributed by atoms with Crippen molar-refractivity contribution in [2.45, 2.75) is 37.7 Å². The molecule has 1 amide bonds. The highest BCUT2D eigenvalue weighted by Gasteiger charge is 2.53. The highest BCUT2D eigenvalue weighted by molar-refractivity contribution is 5.86. The maximum absolute atomic E-state index is 14.8. The van der Waals surface area contributed by atoms with E-state index < -0.39 is 66.3 Å². The lowest BCUT2D eigenvalue weighted by Crippen LogP contribution is -2.66. The number of aromatic nitrogens is 2. The topological polar surface area (TPSA) is 67.3 Å². The summed E-state index contributed by atoms with van der Waals surface area (Å²) in [6, 6.07) is -0.0603. The third kappa shape index (κ3) is 5.06. The molecule has 1 saturated heterocycles. The third-order valence-electron chi connectivity index (χ3n) is 4.74. The number of amides is 1. The smallest absolute Gasteiger partial charge is 0.348 e. The van der Waals surface area contributed by atoms with Crippen LogP contribution in [0.25, 0.3) is 11.3 Å². The Hall–Kier alpha value is -3.03. The van der Waals surface area contributed by atoms with Crippen molar-refractivity contribution in [1.82, 2.24) is 14.9 Å². The minimum atomic E-state index is -5.24. The number of hydrogen-bond donors (Lipinski definition) is 1. The summed E-state index contributed by atoms with van der Waals surface area (Å²) in [6.07, 6.45) is -11.0. The Labute approximate surface area is 175 Å². The SMILES string of the molecule is C[C@H]1[C@@H](OC(F)(F)F)CN1C(=O)[C@H](Nc1ncnc(-c2ccc(F)cc2)c1F)C(F)(F)F. The molecule has 0 spiro atoms. The molecule has 0 radical (unpaired) electrons. The summed E-state index contributed by atoms with van der Waals surface area (Å²) in [7, 11) is 0. The number of anilines is 1. The third-order valence-corrected chi connectivity index (χ3v) is 4.74. The van der Waals surface area contributed by atoms with Crippen molar-refractivity contribution in [1.29, 1.82) is 0 Å². The van der Waals surface area contributed by atoms with Crippen molar-refractivity contribution in [2.75, 3.05) is 11.9 Å². The van der Waals surface area contributed by atoms with Crippen molar-refractivity contribution >= 4 is 11.7 Å². The van der Waals surface area contributed by atoms with E-state index in [1.165, 1.54) is 0 Å². The second-order valence-corrected chi connectivity index (χ2v) is 6.84. The molecule has 32 heavy (non-hydrogen) atoms. The number of halogens is 8. The van der Waals surface area contributed by atoms with Crippen molar-refractivity contribution in [2.24, 2.45) is 0 Å². The van der Waals surface area contributed by atoms with Crippen LogP contribution in [0.3, 0.4) is 0 Å². The first-order valence-electron chi connectivity index (χ1n) is 8.92. The van der Waals surface area contributed by atoms with E-state index in [4.69, 9.17) is 0 Å². The van der Waals surface area contributed by atoms with Gasteiger partial charge in [0.05, 0.1) is 6.04 Å². The average molecular weight is 470 g/mol. The Morgan fingerprint density at radius 1 is 1.12 bits per heavy atom. The molecule has 1 aliphatic rings. The largest absolute Gasteiger partial charge is 0.522 e. The molecule has 1 aromatic heterocycles. The second-order valence-electron chi connectivity index (χ2n) is 6.84. The molecule has 1 N–H and O–H groups in total. The predicted octanol–water partition coefficient (Wildman–Crippen LogP) is 3.90. The summed E-state index contributed by atoms with van der Waals surface area (Å²) < 4.78 is 109. The van der Waals surface area contributed by atoms with Gasteiger partial charge in [-0.1, -0.05) is 0 Å². The monoisotopic (exact) mass is 470 g/mol. The van der Waals surface area contributed by atoms with Crippen LogP contribution in [0, 0.1) is 11.6 Å². The van der Waals surface area contributed by atoms with Crippen LogP contribution in [0.15, 0.2) is 30.6 Å². The molecule has 0 unspecified atom stereocenters. The van der Waals surface area contributed by atoms with Crippen LogP contribution in [0.1, 0.15) is 6.92 Å². The van der Waals surface area contributed by atoms with Gasteiger partial charge >= 0.3 is 12.5 Å². The van der Waals surface area contributed by atoms with E-state index in [1.54, 1.807) is 5.32 Å². The Kier molecular flexibility index (Phi) is 6.26. The van der Waals surface area contributed by atoms with Gasteiger partial charge in [0.1, 0.15) is 23.9 Å². The zero-order valence-corrected chi connectivity index (χ0v) is 16.0. The number of nitrogens with one attached hydrogen (secondary N) is 1. The molecule has 174 valence electrons. The number of benzene rings is 1. The molecule has 1 fully saturated rings. The molecule has 1 aliphatic heterocycles. The predicted molar refractivity (Wildman–Crippen MR) is 93.0 cm³/mol. The number of likely N-dealkylation sites (tertiary alicyclic amines) is 1. The lowest BCUT2D eigenvalue weighted by molar-refractivity contribution is -0.360. The van der Waals surface area contributed by atoms with Gasteiger partial charge in [-0.05, 0) is 31.2 Å². The van der Waals surface area contributed by atoms with Crippen LogP contribution in [-0.2, 0) is 9.53 Å². The molecule has 14 heteroatoms. The van der Waals surface area contributed by atoms with E-state index in [1.807, 2.05) is 0 Å². The van der Waals surface area contributed by atoms with E-state index in [0.717, 1.165) is 37.5 Å². The summed E-state index contributed by atoms with van der Waals surface area (Å²) in [4.78, 5) is 19.9. The summed E-state index contributed by atoms with van der Waals surface area (Å²) in [5.74, 6) is -4.57. The highest BCUT2D eigenvalue weighted by Crippen LogP contribution is 2.33. The maximum Gasteiger partial charge on any atom is 0.522 e. The van der Waals surface area contributed by atoms with Crippen LogP contribution in [0.4, 0.5) is 40.9 Å². The normalized spacial score (nSPS) is 20.0. The number of rotatable bonds is 5. The molecular formula is C18H14F8N4O2. The Bertz CT molecular complexity index is 980. The zero-order valence-electron chi connectivity index (χ0n) is 16.0. The minimum Gasteiger partial charge on any atom is -0.348 e. The highest BCUT2D eigenvalue weighted by atomic mass is 19.4. The van der Waals surface area contributed by atoms with Crippen molar-refractivity contribution in [3.8, 4) is 11.3 Å². The Balaban J connectivity index is 1.82. The first-order valence-corrected chi connectivity index (χ1v) is 8.92. The van der Waals surface area contributed by atoms with Crippen molar-refractivity contribution in [3.63, 3.8) is 0 Å². The number of nitrogens with zero attached hydrogens (tertiary/aromatic N) is 3. The summed E-state index contributed by atoms with van der Waals surface area (Å²) in [5.41, 5.74) is -0.417. The quantitative estimate of drug-likeness (QED) is 0.672. The summed E-state index contributed by atoms with van der Waals surface area (Å²) in [5, 5.41) is 1.66. The van der Waals surface area contributed by atoms with Crippen LogP contribution in [0.5, 0.6) is 0 Å². The summed E-state index contributed by atoms with van der Waals surface area (Å²) in [6.45, 7) is 0.351. The first-order chi connectivity index (χ1) is 14.8. The molecule has 6 nitrogen and oxygen atoms in total. The van der Waals surface area contributed by atoms with E-state index in [-0.39, 0.29) is 5.56 Å². The lowest BCUT2D eigenvalue weighted by Gasteiger charge is -2.47. The number of hydrogen-bond acceptors (Lipinski definition) is 5. The van der Waals surface area contributed by atoms with Gasteiger partial charge in [-0.2, -0.15) is 13.2 Å². The molecular weight excluding hydrogens is 456 g/mol. The fraction of sp³-hybridized carbons (Fsp3) is 0.389. The van der Waals surface area contributed by atoms with E-state index >= 15 is 0 Å². The molecule has 3 atom stereocenters. The standard InChI is InChI=1S/C18H14F8N4O2/c1-8-11(32-18(24,25)26)6-30(8)16(31)14(17(21,22)23)29-15-12(20)13(27-7-28-15)9-2-4-10(19)5-3-9/h2-5,7-8,11,14H,6H2,1H3,(H,27,28,29)/t8-,11-,14-/m0/s1.